The minimum atomic E-state index is -0.772. The molecule has 2 atom stereocenters. The van der Waals surface area contributed by atoms with E-state index < -0.39 is 24.0 Å². The van der Waals surface area contributed by atoms with Gasteiger partial charge in [0.05, 0.1) is 0 Å². The molecule has 0 heterocycles. The molecule has 0 fully saturated rings. The molecule has 5 nitrogen and oxygen atoms in total. The second-order valence-corrected chi connectivity index (χ2v) is 4.01. The molecule has 0 unspecified atom stereocenters. The van der Waals surface area contributed by atoms with Crippen molar-refractivity contribution in [2.24, 2.45) is 5.73 Å². The van der Waals surface area contributed by atoms with E-state index in [0.717, 1.165) is 0 Å². The highest BCUT2D eigenvalue weighted by atomic mass is 16.5. The lowest BCUT2D eigenvalue weighted by atomic mass is 10.1. The molecule has 0 aliphatic heterocycles. The van der Waals surface area contributed by atoms with Crippen LogP contribution in [0.3, 0.4) is 0 Å². The van der Waals surface area contributed by atoms with Gasteiger partial charge in [0, 0.05) is 7.11 Å². The molecule has 102 valence electrons. The van der Waals surface area contributed by atoms with E-state index in [4.69, 9.17) is 10.5 Å². The maximum Gasteiger partial charge on any atom is 0.254 e. The highest BCUT2D eigenvalue weighted by molar-refractivity contribution is 5.89. The van der Waals surface area contributed by atoms with Crippen molar-refractivity contribution in [1.82, 2.24) is 5.32 Å². The van der Waals surface area contributed by atoms with Crippen LogP contribution in [0, 0.1) is 0 Å². The van der Waals surface area contributed by atoms with E-state index >= 15 is 0 Å². The molecule has 1 aromatic carbocycles. The first kappa shape index (κ1) is 14.9. The van der Waals surface area contributed by atoms with Gasteiger partial charge in [0.1, 0.15) is 6.04 Å². The van der Waals surface area contributed by atoms with E-state index in [9.17, 15) is 9.59 Å². The van der Waals surface area contributed by atoms with Gasteiger partial charge in [-0.3, -0.25) is 9.59 Å². The summed E-state index contributed by atoms with van der Waals surface area (Å²) in [6, 6.07) is 8.25. The summed E-state index contributed by atoms with van der Waals surface area (Å²) in [5.74, 6) is -1.00. The second kappa shape index (κ2) is 7.33. The topological polar surface area (TPSA) is 81.4 Å². The third-order valence-electron chi connectivity index (χ3n) is 2.64. The molecule has 1 aromatic rings. The van der Waals surface area contributed by atoms with Gasteiger partial charge >= 0.3 is 0 Å². The molecule has 0 bridgehead atoms. The van der Waals surface area contributed by atoms with E-state index in [1.807, 2.05) is 18.2 Å². The summed E-state index contributed by atoms with van der Waals surface area (Å²) >= 11 is 0. The molecule has 0 saturated carbocycles. The van der Waals surface area contributed by atoms with Crippen LogP contribution in [0.2, 0.25) is 0 Å². The Labute approximate surface area is 112 Å². The fourth-order valence-electron chi connectivity index (χ4n) is 1.68. The van der Waals surface area contributed by atoms with Gasteiger partial charge in [-0.15, -0.1) is 6.58 Å². The van der Waals surface area contributed by atoms with Crippen LogP contribution in [0.4, 0.5) is 0 Å². The zero-order valence-corrected chi connectivity index (χ0v) is 10.8. The monoisotopic (exact) mass is 262 g/mol. The smallest absolute Gasteiger partial charge is 0.254 e. The number of hydrogen-bond donors (Lipinski definition) is 2. The largest absolute Gasteiger partial charge is 0.368 e. The van der Waals surface area contributed by atoms with Crippen LogP contribution >= 0.6 is 0 Å². The van der Waals surface area contributed by atoms with Crippen LogP contribution in [0.25, 0.3) is 0 Å². The van der Waals surface area contributed by atoms with Crippen molar-refractivity contribution in [3.63, 3.8) is 0 Å². The number of nitrogens with two attached hydrogens (primary N) is 1. The third-order valence-corrected chi connectivity index (χ3v) is 2.64. The molecule has 2 amide bonds. The van der Waals surface area contributed by atoms with Crippen molar-refractivity contribution in [3.05, 3.63) is 48.6 Å². The first-order valence-corrected chi connectivity index (χ1v) is 5.88. The number of ether oxygens (including phenoxy) is 1. The van der Waals surface area contributed by atoms with Crippen LogP contribution in [-0.2, 0) is 14.3 Å². The minimum absolute atomic E-state index is 0.284. The van der Waals surface area contributed by atoms with Gasteiger partial charge in [-0.05, 0) is 12.0 Å². The summed E-state index contributed by atoms with van der Waals surface area (Å²) in [4.78, 5) is 23.3. The molecule has 0 aliphatic rings. The number of carbonyl (C=O) groups is 2. The number of amides is 2. The van der Waals surface area contributed by atoms with Crippen LogP contribution < -0.4 is 11.1 Å². The Morgan fingerprint density at radius 2 is 2.05 bits per heavy atom. The Morgan fingerprint density at radius 3 is 2.53 bits per heavy atom. The zero-order chi connectivity index (χ0) is 14.3. The molecule has 0 radical (unpaired) electrons. The second-order valence-electron chi connectivity index (χ2n) is 4.01. The van der Waals surface area contributed by atoms with Crippen molar-refractivity contribution < 1.29 is 14.3 Å². The maximum atomic E-state index is 12.1. The van der Waals surface area contributed by atoms with E-state index in [2.05, 4.69) is 11.9 Å². The number of rotatable bonds is 7. The number of primary amides is 1. The third kappa shape index (κ3) is 4.22. The van der Waals surface area contributed by atoms with Crippen molar-refractivity contribution in [2.75, 3.05) is 7.11 Å². The van der Waals surface area contributed by atoms with E-state index in [-0.39, 0.29) is 6.42 Å². The number of hydrogen-bond acceptors (Lipinski definition) is 3. The molecule has 0 aromatic heterocycles. The standard InChI is InChI=1S/C14H18N2O3/c1-3-7-11(13(15)17)16-14(18)12(19-2)10-8-5-4-6-9-10/h3-6,8-9,11-12H,1,7H2,2H3,(H2,15,17)(H,16,18)/t11-,12+/m0/s1. The van der Waals surface area contributed by atoms with Crippen LogP contribution in [0.1, 0.15) is 18.1 Å². The van der Waals surface area contributed by atoms with Gasteiger partial charge in [0.25, 0.3) is 5.91 Å². The Morgan fingerprint density at radius 1 is 1.42 bits per heavy atom. The molecular weight excluding hydrogens is 244 g/mol. The first-order valence-electron chi connectivity index (χ1n) is 5.88. The molecule has 5 heteroatoms. The predicted octanol–water partition coefficient (Wildman–Crippen LogP) is 0.920. The van der Waals surface area contributed by atoms with Crippen molar-refractivity contribution in [1.29, 1.82) is 0 Å². The lowest BCUT2D eigenvalue weighted by Crippen LogP contribution is -2.46. The molecule has 1 rings (SSSR count). The summed E-state index contributed by atoms with van der Waals surface area (Å²) in [6.07, 6.45) is 1.04. The van der Waals surface area contributed by atoms with Crippen LogP contribution in [0.15, 0.2) is 43.0 Å². The fourth-order valence-corrected chi connectivity index (χ4v) is 1.68. The van der Waals surface area contributed by atoms with E-state index in [1.54, 1.807) is 12.1 Å². The minimum Gasteiger partial charge on any atom is -0.368 e. The van der Waals surface area contributed by atoms with E-state index in [0.29, 0.717) is 5.56 Å². The normalized spacial score (nSPS) is 13.3. The Balaban J connectivity index is 2.79. The fraction of sp³-hybridized carbons (Fsp3) is 0.286. The Bertz CT molecular complexity index is 445. The summed E-state index contributed by atoms with van der Waals surface area (Å²) in [7, 11) is 1.43. The molecule has 0 saturated heterocycles. The zero-order valence-electron chi connectivity index (χ0n) is 10.8. The number of carbonyl (C=O) groups excluding carboxylic acids is 2. The molecule has 19 heavy (non-hydrogen) atoms. The van der Waals surface area contributed by atoms with Gasteiger partial charge in [-0.2, -0.15) is 0 Å². The lowest BCUT2D eigenvalue weighted by molar-refractivity contribution is -0.134. The summed E-state index contributed by atoms with van der Waals surface area (Å²) in [5.41, 5.74) is 5.92. The van der Waals surface area contributed by atoms with Gasteiger partial charge in [-0.1, -0.05) is 36.4 Å². The summed E-state index contributed by atoms with van der Waals surface area (Å²) in [5, 5.41) is 2.56. The Kier molecular flexibility index (Phi) is 5.75. The quantitative estimate of drug-likeness (QED) is 0.717. The van der Waals surface area contributed by atoms with E-state index in [1.165, 1.54) is 13.2 Å². The molecule has 0 spiro atoms. The number of benzene rings is 1. The molecule has 3 N–H and O–H groups in total. The highest BCUT2D eigenvalue weighted by Crippen LogP contribution is 2.16. The van der Waals surface area contributed by atoms with Crippen molar-refractivity contribution in [2.45, 2.75) is 18.6 Å². The van der Waals surface area contributed by atoms with Gasteiger partial charge in [0.15, 0.2) is 6.10 Å². The van der Waals surface area contributed by atoms with Crippen molar-refractivity contribution in [3.8, 4) is 0 Å². The molecular formula is C14H18N2O3. The summed E-state index contributed by atoms with van der Waals surface area (Å²) in [6.45, 7) is 3.52. The Hall–Kier alpha value is -2.14. The predicted molar refractivity (Wildman–Crippen MR) is 72.1 cm³/mol. The van der Waals surface area contributed by atoms with Gasteiger partial charge < -0.3 is 15.8 Å². The maximum absolute atomic E-state index is 12.1. The van der Waals surface area contributed by atoms with Gasteiger partial charge in [-0.25, -0.2) is 0 Å². The van der Waals surface area contributed by atoms with Gasteiger partial charge in [0.2, 0.25) is 5.91 Å². The average molecular weight is 262 g/mol. The number of methoxy groups -OCH3 is 1. The summed E-state index contributed by atoms with van der Waals surface area (Å²) < 4.78 is 5.17. The average Bonchev–Trinajstić information content (AvgIpc) is 2.40. The van der Waals surface area contributed by atoms with Crippen LogP contribution in [0.5, 0.6) is 0 Å². The van der Waals surface area contributed by atoms with Crippen molar-refractivity contribution >= 4 is 11.8 Å². The first-order chi connectivity index (χ1) is 9.10. The SMILES string of the molecule is C=CC[C@H](NC(=O)[C@H](OC)c1ccccc1)C(N)=O. The highest BCUT2D eigenvalue weighted by Gasteiger charge is 2.24. The lowest BCUT2D eigenvalue weighted by Gasteiger charge is -2.19. The van der Waals surface area contributed by atoms with Crippen LogP contribution in [-0.4, -0.2) is 25.0 Å². The number of nitrogens with one attached hydrogen (secondary N) is 1. The molecule has 0 aliphatic carbocycles.